The first-order valence-electron chi connectivity index (χ1n) is 3.31. The molecule has 0 saturated carbocycles. The molecular formula is C7H11N3. The van der Waals surface area contributed by atoms with Gasteiger partial charge in [-0.1, -0.05) is 0 Å². The molecule has 0 aromatic rings. The van der Waals surface area contributed by atoms with Crippen LogP contribution in [0.1, 0.15) is 6.92 Å². The van der Waals surface area contributed by atoms with Crippen LogP contribution in [0, 0.1) is 0 Å². The molecule has 3 nitrogen and oxygen atoms in total. The van der Waals surface area contributed by atoms with Gasteiger partial charge in [-0.25, -0.2) is 0 Å². The van der Waals surface area contributed by atoms with Gasteiger partial charge in [0, 0.05) is 31.4 Å². The summed E-state index contributed by atoms with van der Waals surface area (Å²) in [5, 5.41) is 5.97. The van der Waals surface area contributed by atoms with Gasteiger partial charge in [-0.15, -0.1) is 0 Å². The summed E-state index contributed by atoms with van der Waals surface area (Å²) in [6.45, 7) is 2.83. The second-order valence-corrected chi connectivity index (χ2v) is 1.87. The van der Waals surface area contributed by atoms with Crippen LogP contribution in [0.15, 0.2) is 29.3 Å². The van der Waals surface area contributed by atoms with Gasteiger partial charge in [0.25, 0.3) is 0 Å². The highest BCUT2D eigenvalue weighted by Gasteiger charge is 1.89. The zero-order chi connectivity index (χ0) is 7.23. The number of allylic oxidation sites excluding steroid dienone is 1. The van der Waals surface area contributed by atoms with Gasteiger partial charge in [-0.05, 0) is 6.92 Å². The Bertz CT molecular complexity index is 179. The number of aliphatic imine (C=N–C) groups is 1. The lowest BCUT2D eigenvalue weighted by Crippen LogP contribution is -2.15. The Morgan fingerprint density at radius 3 is 3.10 bits per heavy atom. The van der Waals surface area contributed by atoms with Gasteiger partial charge >= 0.3 is 0 Å². The fraction of sp³-hybridized carbons (Fsp3) is 0.286. The van der Waals surface area contributed by atoms with Gasteiger partial charge in [-0.3, -0.25) is 4.99 Å². The van der Waals surface area contributed by atoms with Crippen molar-refractivity contribution >= 4 is 6.21 Å². The summed E-state index contributed by atoms with van der Waals surface area (Å²) in [5.74, 6) is 0. The van der Waals surface area contributed by atoms with Gasteiger partial charge < -0.3 is 10.6 Å². The molecule has 0 aromatic heterocycles. The van der Waals surface area contributed by atoms with E-state index in [9.17, 15) is 0 Å². The number of hydrogen-bond donors (Lipinski definition) is 2. The summed E-state index contributed by atoms with van der Waals surface area (Å²) in [4.78, 5) is 4.07. The van der Waals surface area contributed by atoms with E-state index in [1.165, 1.54) is 0 Å². The van der Waals surface area contributed by atoms with E-state index in [0.717, 1.165) is 12.2 Å². The first-order valence-corrected chi connectivity index (χ1v) is 3.31. The molecule has 1 rings (SSSR count). The Morgan fingerprint density at radius 2 is 2.50 bits per heavy atom. The number of hydrogen-bond acceptors (Lipinski definition) is 3. The molecule has 0 aromatic carbocycles. The van der Waals surface area contributed by atoms with Crippen molar-refractivity contribution in [2.24, 2.45) is 4.99 Å². The minimum atomic E-state index is 0.822. The van der Waals surface area contributed by atoms with E-state index in [4.69, 9.17) is 0 Å². The van der Waals surface area contributed by atoms with Crippen LogP contribution in [0.25, 0.3) is 0 Å². The average molecular weight is 137 g/mol. The normalized spacial score (nSPS) is 16.3. The van der Waals surface area contributed by atoms with Crippen LogP contribution in [0.5, 0.6) is 0 Å². The van der Waals surface area contributed by atoms with Gasteiger partial charge in [0.1, 0.15) is 0 Å². The lowest BCUT2D eigenvalue weighted by atomic mass is 10.4. The molecule has 1 aliphatic heterocycles. The quantitative estimate of drug-likeness (QED) is 0.546. The maximum Gasteiger partial charge on any atom is 0.0724 e. The summed E-state index contributed by atoms with van der Waals surface area (Å²) < 4.78 is 0. The van der Waals surface area contributed by atoms with E-state index in [1.54, 1.807) is 6.21 Å². The monoisotopic (exact) mass is 137 g/mol. The Hall–Kier alpha value is -1.25. The predicted molar refractivity (Wildman–Crippen MR) is 42.5 cm³/mol. The van der Waals surface area contributed by atoms with E-state index in [1.807, 2.05) is 25.5 Å². The fourth-order valence-electron chi connectivity index (χ4n) is 0.630. The number of nitrogens with one attached hydrogen (secondary N) is 2. The van der Waals surface area contributed by atoms with E-state index < -0.39 is 0 Å². The van der Waals surface area contributed by atoms with Crippen LogP contribution in [-0.2, 0) is 0 Å². The molecule has 0 radical (unpaired) electrons. The maximum absolute atomic E-state index is 4.07. The van der Waals surface area contributed by atoms with Crippen molar-refractivity contribution in [3.8, 4) is 0 Å². The van der Waals surface area contributed by atoms with Crippen LogP contribution in [-0.4, -0.2) is 12.8 Å². The molecular weight excluding hydrogens is 126 g/mol. The highest BCUT2D eigenvalue weighted by atomic mass is 15.0. The Kier molecular flexibility index (Phi) is 2.55. The van der Waals surface area contributed by atoms with Crippen LogP contribution in [0.3, 0.4) is 0 Å². The van der Waals surface area contributed by atoms with E-state index in [0.29, 0.717) is 0 Å². The third kappa shape index (κ3) is 1.93. The standard InChI is InChI=1S/C7H11N3/c1-2-8-5-7-6-9-3-4-10-7/h3-6,9-10H,2H2,1H3. The Labute approximate surface area is 60.5 Å². The maximum atomic E-state index is 4.07. The SMILES string of the molecule is CCN=CC1=CNC=CN1. The first kappa shape index (κ1) is 6.86. The Balaban J connectivity index is 2.41. The largest absolute Gasteiger partial charge is 0.365 e. The summed E-state index contributed by atoms with van der Waals surface area (Å²) >= 11 is 0. The molecule has 0 bridgehead atoms. The molecule has 0 atom stereocenters. The summed E-state index contributed by atoms with van der Waals surface area (Å²) in [6, 6.07) is 0. The lowest BCUT2D eigenvalue weighted by Gasteiger charge is -2.05. The van der Waals surface area contributed by atoms with E-state index in [-0.39, 0.29) is 0 Å². The van der Waals surface area contributed by atoms with Gasteiger partial charge in [0.05, 0.1) is 5.70 Å². The van der Waals surface area contributed by atoms with Gasteiger partial charge in [0.15, 0.2) is 0 Å². The van der Waals surface area contributed by atoms with E-state index in [2.05, 4.69) is 15.6 Å². The highest BCUT2D eigenvalue weighted by Crippen LogP contribution is 1.87. The van der Waals surface area contributed by atoms with Crippen molar-refractivity contribution in [2.45, 2.75) is 6.92 Å². The molecule has 1 heterocycles. The molecule has 10 heavy (non-hydrogen) atoms. The second-order valence-electron chi connectivity index (χ2n) is 1.87. The smallest absolute Gasteiger partial charge is 0.0724 e. The number of rotatable bonds is 2. The first-order chi connectivity index (χ1) is 4.93. The molecule has 0 spiro atoms. The van der Waals surface area contributed by atoms with Crippen LogP contribution >= 0.6 is 0 Å². The van der Waals surface area contributed by atoms with Gasteiger partial charge in [-0.2, -0.15) is 0 Å². The minimum absolute atomic E-state index is 0.822. The van der Waals surface area contributed by atoms with Gasteiger partial charge in [0.2, 0.25) is 0 Å². The molecule has 0 amide bonds. The van der Waals surface area contributed by atoms with Crippen molar-refractivity contribution in [3.63, 3.8) is 0 Å². The van der Waals surface area contributed by atoms with E-state index >= 15 is 0 Å². The molecule has 0 saturated heterocycles. The molecule has 0 fully saturated rings. The molecule has 2 N–H and O–H groups in total. The zero-order valence-electron chi connectivity index (χ0n) is 5.96. The van der Waals surface area contributed by atoms with Crippen LogP contribution in [0.2, 0.25) is 0 Å². The summed E-state index contributed by atoms with van der Waals surface area (Å²) in [6.07, 6.45) is 7.32. The zero-order valence-corrected chi connectivity index (χ0v) is 5.96. The topological polar surface area (TPSA) is 36.4 Å². The second kappa shape index (κ2) is 3.71. The summed E-state index contributed by atoms with van der Waals surface area (Å²) in [7, 11) is 0. The average Bonchev–Trinajstić information content (AvgIpc) is 2.03. The van der Waals surface area contributed by atoms with Crippen molar-refractivity contribution in [2.75, 3.05) is 6.54 Å². The predicted octanol–water partition coefficient (Wildman–Crippen LogP) is 0.583. The van der Waals surface area contributed by atoms with Crippen LogP contribution < -0.4 is 10.6 Å². The third-order valence-electron chi connectivity index (χ3n) is 1.08. The van der Waals surface area contributed by atoms with Crippen molar-refractivity contribution in [3.05, 3.63) is 24.3 Å². The molecule has 54 valence electrons. The molecule has 3 heteroatoms. The summed E-state index contributed by atoms with van der Waals surface area (Å²) in [5.41, 5.74) is 0.990. The number of nitrogens with zero attached hydrogens (tertiary/aromatic N) is 1. The van der Waals surface area contributed by atoms with Crippen LogP contribution in [0.4, 0.5) is 0 Å². The third-order valence-corrected chi connectivity index (χ3v) is 1.08. The molecule has 0 aliphatic carbocycles. The fourth-order valence-corrected chi connectivity index (χ4v) is 0.630. The highest BCUT2D eigenvalue weighted by molar-refractivity contribution is 5.78. The van der Waals surface area contributed by atoms with Crippen molar-refractivity contribution < 1.29 is 0 Å². The minimum Gasteiger partial charge on any atom is -0.365 e. The Morgan fingerprint density at radius 1 is 1.60 bits per heavy atom. The molecule has 0 unspecified atom stereocenters. The molecule has 1 aliphatic rings. The van der Waals surface area contributed by atoms with Crippen molar-refractivity contribution in [1.29, 1.82) is 0 Å². The lowest BCUT2D eigenvalue weighted by molar-refractivity contribution is 1.00. The van der Waals surface area contributed by atoms with Crippen molar-refractivity contribution in [1.82, 2.24) is 10.6 Å².